The first-order valence-corrected chi connectivity index (χ1v) is 34.5. The Kier molecular flexibility index (Phi) is 22.0. The van der Waals surface area contributed by atoms with E-state index in [4.69, 9.17) is 19.6 Å². The third-order valence-corrected chi connectivity index (χ3v) is 21.5. The first kappa shape index (κ1) is 45.8. The minimum atomic E-state index is -1.45. The van der Waals surface area contributed by atoms with E-state index in [0.29, 0.717) is 12.1 Å². The van der Waals surface area contributed by atoms with Gasteiger partial charge in [-0.15, -0.1) is 0 Å². The zero-order chi connectivity index (χ0) is 30.1. The molecule has 0 aromatic carbocycles. The van der Waals surface area contributed by atoms with Crippen LogP contribution in [0.25, 0.3) is 14.6 Å². The van der Waals surface area contributed by atoms with E-state index in [1.807, 2.05) is 0 Å². The quantitative estimate of drug-likeness (QED) is 0.139. The Morgan fingerprint density at radius 3 is 0.865 bits per heavy atom. The molecule has 0 atom stereocenters. The van der Waals surface area contributed by atoms with Gasteiger partial charge >= 0.3 is 41.7 Å². The molecule has 0 aliphatic carbocycles. The van der Waals surface area contributed by atoms with E-state index in [2.05, 4.69) is 150 Å². The Labute approximate surface area is 275 Å². The van der Waals surface area contributed by atoms with Gasteiger partial charge in [-0.2, -0.15) is 0 Å². The monoisotopic (exact) mass is 746 g/mol. The van der Waals surface area contributed by atoms with Gasteiger partial charge in [0, 0.05) is 5.96 Å². The van der Waals surface area contributed by atoms with Crippen molar-refractivity contribution in [2.75, 3.05) is 0 Å². The molecule has 0 amide bonds. The molecule has 0 aliphatic rings. The van der Waals surface area contributed by atoms with E-state index in [0.717, 1.165) is 5.96 Å². The summed E-state index contributed by atoms with van der Waals surface area (Å²) in [5.41, 5.74) is 0. The molecule has 0 aromatic rings. The van der Waals surface area contributed by atoms with E-state index in [9.17, 15) is 0 Å². The summed E-state index contributed by atoms with van der Waals surface area (Å²) in [7, 11) is -7.32. The van der Waals surface area contributed by atoms with Crippen LogP contribution in [0.5, 0.6) is 0 Å². The predicted octanol–water partition coefficient (Wildman–Crippen LogP) is 10.6. The second-order valence-corrected chi connectivity index (χ2v) is 45.5. The molecule has 5 nitrogen and oxygen atoms in total. The first-order valence-electron chi connectivity index (χ1n) is 13.8. The van der Waals surface area contributed by atoms with Crippen LogP contribution in [-0.4, -0.2) is 71.7 Å². The van der Waals surface area contributed by atoms with Gasteiger partial charge in [0.05, 0.1) is 16.5 Å². The van der Waals surface area contributed by atoms with Gasteiger partial charge < -0.3 is 23.8 Å². The van der Waals surface area contributed by atoms with Gasteiger partial charge in [-0.25, -0.2) is 0 Å². The summed E-state index contributed by atoms with van der Waals surface area (Å²) in [5.74, 6) is 0.998. The summed E-state index contributed by atoms with van der Waals surface area (Å²) < 4.78 is 12.2. The van der Waals surface area contributed by atoms with Crippen LogP contribution < -0.4 is 0 Å². The molecular formula is C25H68CeN5Si6. The molecule has 0 saturated carbocycles. The molecule has 0 bridgehead atoms. The molecule has 0 fully saturated rings. The topological polar surface area (TPSA) is 57.9 Å². The number of nitrogens with zero attached hydrogens (tertiary/aromatic N) is 5. The fraction of sp³-hybridized carbons (Fsp3) is 0.960. The van der Waals surface area contributed by atoms with Crippen molar-refractivity contribution in [1.82, 2.24) is 4.23 Å². The van der Waals surface area contributed by atoms with Crippen molar-refractivity contribution >= 4 is 55.4 Å². The maximum atomic E-state index is 4.82. The predicted molar refractivity (Wildman–Crippen MR) is 190 cm³/mol. The standard InChI is InChI=1S/C13H32N3Si2.2C6H18NSi2.Ce/c1-11(2)14-13(15-12(3)4)16(17(5,6)7)18(8,9)10;2*1-8(2,3)7-9(4,5)6;/h11-12H,1-10H3;2*1-6H3;/q3*-1;+3. The molecule has 0 aliphatic heterocycles. The molecule has 0 N–H and O–H groups in total. The molecule has 1 radical (unpaired) electrons. The van der Waals surface area contributed by atoms with Crippen molar-refractivity contribution in [2.24, 2.45) is 4.99 Å². The van der Waals surface area contributed by atoms with Crippen molar-refractivity contribution in [3.8, 4) is 0 Å². The van der Waals surface area contributed by atoms with E-state index < -0.39 is 49.4 Å². The number of aliphatic imine (C=N–C) groups is 1. The molecular weight excluding hydrogens is 679 g/mol. The van der Waals surface area contributed by atoms with E-state index in [1.165, 1.54) is 0 Å². The molecule has 37 heavy (non-hydrogen) atoms. The van der Waals surface area contributed by atoms with Gasteiger partial charge in [0.25, 0.3) is 0 Å². The van der Waals surface area contributed by atoms with Gasteiger partial charge in [-0.05, 0) is 12.1 Å². The van der Waals surface area contributed by atoms with Gasteiger partial charge in [-0.1, -0.05) is 178 Å². The van der Waals surface area contributed by atoms with Crippen LogP contribution in [-0.2, 0) is 0 Å². The molecule has 0 unspecified atom stereocenters. The molecule has 0 saturated heterocycles. The molecule has 0 rings (SSSR count). The van der Waals surface area contributed by atoms with E-state index in [1.54, 1.807) is 0 Å². The van der Waals surface area contributed by atoms with E-state index >= 15 is 0 Å². The Morgan fingerprint density at radius 1 is 0.514 bits per heavy atom. The first-order chi connectivity index (χ1) is 15.3. The SMILES string of the molecule is CC(C)N=C([N-]C(C)C)N([Si](C)(C)C)[Si](C)(C)C.C[Si](C)(C)[N-][Si](C)(C)C.C[Si](C)(C)[N-][Si](C)(C)C.[Ce+3]. The van der Waals surface area contributed by atoms with Crippen molar-refractivity contribution in [1.29, 1.82) is 0 Å². The molecule has 0 aromatic heterocycles. The van der Waals surface area contributed by atoms with Crippen LogP contribution in [0.15, 0.2) is 4.99 Å². The van der Waals surface area contributed by atoms with Crippen LogP contribution in [0.3, 0.4) is 0 Å². The molecule has 221 valence electrons. The summed E-state index contributed by atoms with van der Waals surface area (Å²) in [4.78, 5) is 4.80. The van der Waals surface area contributed by atoms with Crippen LogP contribution >= 0.6 is 0 Å². The minimum absolute atomic E-state index is 0. The second kappa shape index (κ2) is 17.7. The minimum Gasteiger partial charge on any atom is -0.668 e. The molecule has 12 heteroatoms. The van der Waals surface area contributed by atoms with Crippen LogP contribution in [0, 0.1) is 41.7 Å². The number of guanidine groups is 1. The molecule has 0 heterocycles. The largest absolute Gasteiger partial charge is 3.00 e. The Balaban J connectivity index is -0.000000242. The van der Waals surface area contributed by atoms with Crippen molar-refractivity contribution in [2.45, 2.75) is 158 Å². The Morgan fingerprint density at radius 2 is 0.757 bits per heavy atom. The zero-order valence-electron chi connectivity index (χ0n) is 29.4. The summed E-state index contributed by atoms with van der Waals surface area (Å²) >= 11 is 0. The summed E-state index contributed by atoms with van der Waals surface area (Å²) in [5, 5.41) is 4.80. The third-order valence-electron chi connectivity index (χ3n) is 3.63. The normalized spacial score (nSPS) is 13.8. The van der Waals surface area contributed by atoms with Gasteiger partial charge in [0.15, 0.2) is 0 Å². The third kappa shape index (κ3) is 34.0. The smallest absolute Gasteiger partial charge is 0.668 e. The summed E-state index contributed by atoms with van der Waals surface area (Å²) in [6, 6.07) is 0.607. The fourth-order valence-corrected chi connectivity index (χ4v) is 29.8. The van der Waals surface area contributed by atoms with Crippen LogP contribution in [0.4, 0.5) is 0 Å². The maximum Gasteiger partial charge on any atom is 3.00 e. The Hall–Kier alpha value is 1.87. The Bertz CT molecular complexity index is 569. The average Bonchev–Trinajstić information content (AvgIpc) is 2.34. The van der Waals surface area contributed by atoms with Gasteiger partial charge in [-0.3, -0.25) is 0 Å². The number of hydrogen-bond donors (Lipinski definition) is 0. The van der Waals surface area contributed by atoms with E-state index in [-0.39, 0.29) is 41.7 Å². The van der Waals surface area contributed by atoms with Crippen molar-refractivity contribution < 1.29 is 41.7 Å². The zero-order valence-corrected chi connectivity index (χ0v) is 38.5. The van der Waals surface area contributed by atoms with Crippen molar-refractivity contribution in [3.63, 3.8) is 0 Å². The average molecular weight is 747 g/mol. The second-order valence-electron chi connectivity index (χ2n) is 16.3. The van der Waals surface area contributed by atoms with Crippen LogP contribution in [0.2, 0.25) is 118 Å². The summed E-state index contributed by atoms with van der Waals surface area (Å²) in [6.07, 6.45) is 0. The number of hydrogen-bond acceptors (Lipinski definition) is 1. The van der Waals surface area contributed by atoms with Crippen molar-refractivity contribution in [3.05, 3.63) is 14.6 Å². The fourth-order valence-electron chi connectivity index (χ4n) is 4.23. The summed E-state index contributed by atoms with van der Waals surface area (Å²) in [6.45, 7) is 50.4. The van der Waals surface area contributed by atoms with Gasteiger partial charge in [0.1, 0.15) is 0 Å². The maximum absolute atomic E-state index is 4.82. The number of rotatable bonds is 8. The van der Waals surface area contributed by atoms with Gasteiger partial charge in [0.2, 0.25) is 0 Å². The van der Waals surface area contributed by atoms with Crippen LogP contribution in [0.1, 0.15) is 27.7 Å². The molecule has 0 spiro atoms.